The Bertz CT molecular complexity index is 656. The molecular formula is C10H13N5O3S. The summed E-state index contributed by atoms with van der Waals surface area (Å²) in [5, 5.41) is 6.79. The van der Waals surface area contributed by atoms with E-state index >= 15 is 0 Å². The molecule has 0 saturated carbocycles. The molecule has 1 amide bonds. The number of aromatic nitrogens is 3. The van der Waals surface area contributed by atoms with E-state index in [2.05, 4.69) is 10.2 Å². The van der Waals surface area contributed by atoms with Crippen molar-refractivity contribution in [3.63, 3.8) is 0 Å². The van der Waals surface area contributed by atoms with Crippen LogP contribution in [0.1, 0.15) is 21.9 Å². The van der Waals surface area contributed by atoms with E-state index in [4.69, 9.17) is 10.3 Å². The number of hydrogen-bond donors (Lipinski definition) is 3. The van der Waals surface area contributed by atoms with E-state index in [1.165, 1.54) is 16.3 Å². The Kier molecular flexibility index (Phi) is 3.76. The van der Waals surface area contributed by atoms with Crippen LogP contribution in [0.15, 0.2) is 20.4 Å². The van der Waals surface area contributed by atoms with E-state index in [9.17, 15) is 9.59 Å². The van der Waals surface area contributed by atoms with Gasteiger partial charge in [-0.3, -0.25) is 14.8 Å². The first-order chi connectivity index (χ1) is 9.02. The van der Waals surface area contributed by atoms with Crippen LogP contribution >= 0.6 is 11.8 Å². The number of amides is 1. The van der Waals surface area contributed by atoms with Crippen LogP contribution in [0.4, 0.5) is 0 Å². The van der Waals surface area contributed by atoms with Crippen LogP contribution < -0.4 is 17.0 Å². The number of aryl methyl sites for hydroxylation is 1. The second-order valence-electron chi connectivity index (χ2n) is 3.82. The van der Waals surface area contributed by atoms with E-state index in [1.807, 2.05) is 5.43 Å². The highest BCUT2D eigenvalue weighted by Crippen LogP contribution is 2.23. The van der Waals surface area contributed by atoms with E-state index in [-0.39, 0.29) is 11.4 Å². The van der Waals surface area contributed by atoms with Crippen molar-refractivity contribution >= 4 is 17.7 Å². The van der Waals surface area contributed by atoms with E-state index in [0.717, 1.165) is 5.56 Å². The summed E-state index contributed by atoms with van der Waals surface area (Å²) in [4.78, 5) is 22.5. The van der Waals surface area contributed by atoms with E-state index in [0.29, 0.717) is 16.7 Å². The lowest BCUT2D eigenvalue weighted by Gasteiger charge is -1.98. The van der Waals surface area contributed by atoms with Crippen molar-refractivity contribution in [2.45, 2.75) is 17.8 Å². The summed E-state index contributed by atoms with van der Waals surface area (Å²) in [6.45, 7) is 1.76. The lowest BCUT2D eigenvalue weighted by molar-refractivity contribution is 0.0924. The molecule has 0 spiro atoms. The lowest BCUT2D eigenvalue weighted by Crippen LogP contribution is -2.29. The average Bonchev–Trinajstić information content (AvgIpc) is 2.92. The summed E-state index contributed by atoms with van der Waals surface area (Å²) in [7, 11) is 1.63. The number of thioether (sulfide) groups is 1. The van der Waals surface area contributed by atoms with Crippen LogP contribution in [-0.4, -0.2) is 20.7 Å². The maximum absolute atomic E-state index is 11.3. The van der Waals surface area contributed by atoms with Crippen LogP contribution in [0.25, 0.3) is 0 Å². The summed E-state index contributed by atoms with van der Waals surface area (Å²) in [5.41, 5.74) is 2.58. The highest BCUT2D eigenvalue weighted by Gasteiger charge is 2.14. The van der Waals surface area contributed by atoms with Crippen molar-refractivity contribution in [2.75, 3.05) is 0 Å². The van der Waals surface area contributed by atoms with Crippen LogP contribution in [-0.2, 0) is 12.8 Å². The molecule has 0 saturated heterocycles. The molecule has 0 fully saturated rings. The van der Waals surface area contributed by atoms with Crippen molar-refractivity contribution in [2.24, 2.45) is 12.9 Å². The maximum atomic E-state index is 11.3. The Labute approximate surface area is 112 Å². The first-order valence-corrected chi connectivity index (χ1v) is 6.36. The zero-order valence-electron chi connectivity index (χ0n) is 10.4. The number of H-pyrrole nitrogens is 1. The fraction of sp³-hybridized carbons (Fsp3) is 0.300. The second-order valence-corrected chi connectivity index (χ2v) is 4.77. The SMILES string of the molecule is Cc1oc(C(=O)NN)cc1CSc1n[nH]c(=O)n1C. The molecule has 2 heterocycles. The fourth-order valence-corrected chi connectivity index (χ4v) is 2.41. The van der Waals surface area contributed by atoms with Crippen molar-refractivity contribution in [1.29, 1.82) is 0 Å². The van der Waals surface area contributed by atoms with Gasteiger partial charge in [0.2, 0.25) is 0 Å². The average molecular weight is 283 g/mol. The number of rotatable bonds is 4. The summed E-state index contributed by atoms with van der Waals surface area (Å²) in [5.74, 6) is 5.88. The molecule has 4 N–H and O–H groups in total. The number of nitrogens with two attached hydrogens (primary N) is 1. The number of hydrogen-bond acceptors (Lipinski definition) is 6. The molecule has 2 aromatic heterocycles. The minimum absolute atomic E-state index is 0.159. The van der Waals surface area contributed by atoms with Crippen molar-refractivity contribution in [3.8, 4) is 0 Å². The van der Waals surface area contributed by atoms with Gasteiger partial charge in [0, 0.05) is 18.4 Å². The number of nitrogens with zero attached hydrogens (tertiary/aromatic N) is 2. The molecule has 0 aliphatic carbocycles. The maximum Gasteiger partial charge on any atom is 0.343 e. The zero-order chi connectivity index (χ0) is 14.0. The Morgan fingerprint density at radius 1 is 1.68 bits per heavy atom. The smallest absolute Gasteiger partial charge is 0.343 e. The third kappa shape index (κ3) is 2.71. The van der Waals surface area contributed by atoms with Gasteiger partial charge < -0.3 is 4.42 Å². The highest BCUT2D eigenvalue weighted by molar-refractivity contribution is 7.98. The predicted octanol–water partition coefficient (Wildman–Crippen LogP) is -0.0944. The molecular weight excluding hydrogens is 270 g/mol. The van der Waals surface area contributed by atoms with Crippen molar-refractivity contribution in [3.05, 3.63) is 33.6 Å². The number of furan rings is 1. The monoisotopic (exact) mass is 283 g/mol. The van der Waals surface area contributed by atoms with Gasteiger partial charge in [0.25, 0.3) is 0 Å². The van der Waals surface area contributed by atoms with Gasteiger partial charge in [-0.05, 0) is 13.0 Å². The van der Waals surface area contributed by atoms with Gasteiger partial charge in [-0.1, -0.05) is 11.8 Å². The van der Waals surface area contributed by atoms with Crippen molar-refractivity contribution < 1.29 is 9.21 Å². The molecule has 8 nitrogen and oxygen atoms in total. The first kappa shape index (κ1) is 13.4. The van der Waals surface area contributed by atoms with Crippen molar-refractivity contribution in [1.82, 2.24) is 20.2 Å². The summed E-state index contributed by atoms with van der Waals surface area (Å²) in [6.07, 6.45) is 0. The van der Waals surface area contributed by atoms with E-state index < -0.39 is 5.91 Å². The van der Waals surface area contributed by atoms with Crippen LogP contribution in [0, 0.1) is 6.92 Å². The molecule has 2 aromatic rings. The second kappa shape index (κ2) is 5.33. The Morgan fingerprint density at radius 3 is 3.00 bits per heavy atom. The molecule has 0 atom stereocenters. The molecule has 0 radical (unpaired) electrons. The van der Waals surface area contributed by atoms with Crippen LogP contribution in [0.5, 0.6) is 0 Å². The minimum Gasteiger partial charge on any atom is -0.456 e. The standard InChI is InChI=1S/C10H13N5O3S/c1-5-6(3-7(18-5)8(16)12-11)4-19-10-14-13-9(17)15(10)2/h3H,4,11H2,1-2H3,(H,12,16)(H,13,17). The third-order valence-electron chi connectivity index (χ3n) is 2.57. The highest BCUT2D eigenvalue weighted by atomic mass is 32.2. The van der Waals surface area contributed by atoms with Gasteiger partial charge in [0.05, 0.1) is 0 Å². The number of hydrazine groups is 1. The number of carbonyl (C=O) groups is 1. The van der Waals surface area contributed by atoms with Gasteiger partial charge in [0.1, 0.15) is 5.76 Å². The normalized spacial score (nSPS) is 10.7. The topological polar surface area (TPSA) is 119 Å². The summed E-state index contributed by atoms with van der Waals surface area (Å²) < 4.78 is 6.70. The van der Waals surface area contributed by atoms with E-state index in [1.54, 1.807) is 20.0 Å². The predicted molar refractivity (Wildman–Crippen MR) is 68.5 cm³/mol. The van der Waals surface area contributed by atoms with Crippen LogP contribution in [0.2, 0.25) is 0 Å². The summed E-state index contributed by atoms with van der Waals surface area (Å²) >= 11 is 1.37. The Morgan fingerprint density at radius 2 is 2.42 bits per heavy atom. The molecule has 0 aliphatic rings. The molecule has 102 valence electrons. The molecule has 0 unspecified atom stereocenters. The van der Waals surface area contributed by atoms with Gasteiger partial charge in [-0.25, -0.2) is 15.7 Å². The van der Waals surface area contributed by atoms with Crippen LogP contribution in [0.3, 0.4) is 0 Å². The Balaban J connectivity index is 2.12. The molecule has 2 rings (SSSR count). The molecule has 9 heteroatoms. The largest absolute Gasteiger partial charge is 0.456 e. The lowest BCUT2D eigenvalue weighted by atomic mass is 10.3. The number of nitrogen functional groups attached to an aromatic ring is 1. The number of aromatic amines is 1. The minimum atomic E-state index is -0.480. The first-order valence-electron chi connectivity index (χ1n) is 5.37. The molecule has 0 aliphatic heterocycles. The van der Waals surface area contributed by atoms with Gasteiger partial charge in [0.15, 0.2) is 10.9 Å². The molecule has 0 bridgehead atoms. The zero-order valence-corrected chi connectivity index (χ0v) is 11.2. The quantitative estimate of drug-likeness (QED) is 0.312. The van der Waals surface area contributed by atoms with Gasteiger partial charge >= 0.3 is 11.6 Å². The Hall–Kier alpha value is -2.00. The summed E-state index contributed by atoms with van der Waals surface area (Å²) in [6, 6.07) is 1.62. The van der Waals surface area contributed by atoms with Gasteiger partial charge in [-0.15, -0.1) is 5.10 Å². The number of nitrogens with one attached hydrogen (secondary N) is 2. The third-order valence-corrected chi connectivity index (χ3v) is 3.65. The van der Waals surface area contributed by atoms with Gasteiger partial charge in [-0.2, -0.15) is 0 Å². The molecule has 19 heavy (non-hydrogen) atoms. The number of carbonyl (C=O) groups excluding carboxylic acids is 1. The fourth-order valence-electron chi connectivity index (χ4n) is 1.45. The molecule has 0 aromatic carbocycles.